The van der Waals surface area contributed by atoms with Gasteiger partial charge >= 0.3 is 0 Å². The zero-order chi connectivity index (χ0) is 17.0. The van der Waals surface area contributed by atoms with Crippen molar-refractivity contribution in [1.82, 2.24) is 10.6 Å². The maximum Gasteiger partial charge on any atom is 0.191 e. The molecule has 0 aliphatic heterocycles. The molecule has 2 rings (SSSR count). The first-order valence-electron chi connectivity index (χ1n) is 8.51. The van der Waals surface area contributed by atoms with Crippen LogP contribution in [-0.4, -0.2) is 32.7 Å². The van der Waals surface area contributed by atoms with E-state index in [9.17, 15) is 0 Å². The minimum absolute atomic E-state index is 0. The normalized spacial score (nSPS) is 10.7. The molecule has 0 saturated carbocycles. The van der Waals surface area contributed by atoms with Crippen LogP contribution < -0.4 is 15.4 Å². The minimum Gasteiger partial charge on any atom is -0.496 e. The Hall–Kier alpha value is -1.76. The number of methoxy groups -OCH3 is 1. The van der Waals surface area contributed by atoms with Crippen molar-refractivity contribution in [2.45, 2.75) is 19.8 Å². The van der Waals surface area contributed by atoms with Crippen molar-refractivity contribution in [3.05, 3.63) is 65.7 Å². The van der Waals surface area contributed by atoms with Gasteiger partial charge in [-0.15, -0.1) is 24.0 Å². The molecule has 0 amide bonds. The summed E-state index contributed by atoms with van der Waals surface area (Å²) in [7, 11) is 1.71. The molecule has 2 aromatic rings. The molecule has 0 atom stereocenters. The lowest BCUT2D eigenvalue weighted by Crippen LogP contribution is -2.38. The van der Waals surface area contributed by atoms with E-state index < -0.39 is 0 Å². The van der Waals surface area contributed by atoms with Crippen molar-refractivity contribution in [2.75, 3.05) is 26.7 Å². The summed E-state index contributed by atoms with van der Waals surface area (Å²) in [4.78, 5) is 4.65. The standard InChI is InChI=1S/C20H27N3O.HI/c1-3-21-20(22-15-13-17-9-5-4-6-10-17)23-16-14-18-11-7-8-12-19(18)24-2;/h4-12H,3,13-16H2,1-2H3,(H2,21,22,23);1H. The van der Waals surface area contributed by atoms with Gasteiger partial charge in [0.25, 0.3) is 0 Å². The Morgan fingerprint density at radius 1 is 0.960 bits per heavy atom. The van der Waals surface area contributed by atoms with Crippen LogP contribution in [0.2, 0.25) is 0 Å². The van der Waals surface area contributed by atoms with Crippen LogP contribution in [0.5, 0.6) is 5.75 Å². The number of halogens is 1. The van der Waals surface area contributed by atoms with Crippen molar-refractivity contribution < 1.29 is 4.74 Å². The summed E-state index contributed by atoms with van der Waals surface area (Å²) >= 11 is 0. The lowest BCUT2D eigenvalue weighted by molar-refractivity contribution is 0.410. The molecule has 2 aromatic carbocycles. The van der Waals surface area contributed by atoms with Crippen LogP contribution >= 0.6 is 24.0 Å². The number of hydrogen-bond acceptors (Lipinski definition) is 2. The summed E-state index contributed by atoms with van der Waals surface area (Å²) in [6.45, 7) is 4.52. The maximum atomic E-state index is 5.38. The highest BCUT2D eigenvalue weighted by Gasteiger charge is 2.02. The Morgan fingerprint density at radius 2 is 1.68 bits per heavy atom. The first-order chi connectivity index (χ1) is 11.8. The third-order valence-corrected chi connectivity index (χ3v) is 3.74. The van der Waals surface area contributed by atoms with E-state index in [0.717, 1.165) is 44.2 Å². The summed E-state index contributed by atoms with van der Waals surface area (Å²) in [5, 5.41) is 6.68. The zero-order valence-electron chi connectivity index (χ0n) is 15.0. The van der Waals surface area contributed by atoms with Crippen molar-refractivity contribution in [2.24, 2.45) is 4.99 Å². The van der Waals surface area contributed by atoms with Crippen molar-refractivity contribution in [3.8, 4) is 5.75 Å². The van der Waals surface area contributed by atoms with Gasteiger partial charge < -0.3 is 15.4 Å². The number of benzene rings is 2. The molecule has 0 aliphatic rings. The second kappa shape index (κ2) is 12.6. The summed E-state index contributed by atoms with van der Waals surface area (Å²) in [5.41, 5.74) is 2.51. The Labute approximate surface area is 168 Å². The van der Waals surface area contributed by atoms with E-state index in [4.69, 9.17) is 4.74 Å². The number of aliphatic imine (C=N–C) groups is 1. The highest BCUT2D eigenvalue weighted by molar-refractivity contribution is 14.0. The average molecular weight is 453 g/mol. The monoisotopic (exact) mass is 453 g/mol. The number of nitrogens with one attached hydrogen (secondary N) is 2. The summed E-state index contributed by atoms with van der Waals surface area (Å²) in [6.07, 6.45) is 1.84. The van der Waals surface area contributed by atoms with Gasteiger partial charge in [0.2, 0.25) is 0 Å². The highest BCUT2D eigenvalue weighted by atomic mass is 127. The van der Waals surface area contributed by atoms with Crippen LogP contribution in [0.15, 0.2) is 59.6 Å². The smallest absolute Gasteiger partial charge is 0.191 e. The van der Waals surface area contributed by atoms with Crippen LogP contribution in [0.25, 0.3) is 0 Å². The van der Waals surface area contributed by atoms with Crippen LogP contribution in [0.1, 0.15) is 18.1 Å². The van der Waals surface area contributed by atoms with E-state index in [1.807, 2.05) is 24.3 Å². The molecule has 0 aliphatic carbocycles. The molecule has 0 heterocycles. The summed E-state index contributed by atoms with van der Waals surface area (Å²) in [6, 6.07) is 18.6. The topological polar surface area (TPSA) is 45.7 Å². The molecule has 0 radical (unpaired) electrons. The molecule has 136 valence electrons. The average Bonchev–Trinajstić information content (AvgIpc) is 2.63. The second-order valence-corrected chi connectivity index (χ2v) is 5.48. The highest BCUT2D eigenvalue weighted by Crippen LogP contribution is 2.17. The Balaban J connectivity index is 0.00000312. The van der Waals surface area contributed by atoms with Gasteiger partial charge in [0.05, 0.1) is 7.11 Å². The molecule has 4 nitrogen and oxygen atoms in total. The third-order valence-electron chi connectivity index (χ3n) is 3.74. The van der Waals surface area contributed by atoms with Gasteiger partial charge in [-0.25, -0.2) is 0 Å². The lowest BCUT2D eigenvalue weighted by atomic mass is 10.1. The summed E-state index contributed by atoms with van der Waals surface area (Å²) < 4.78 is 5.38. The molecule has 25 heavy (non-hydrogen) atoms. The molecule has 0 saturated heterocycles. The lowest BCUT2D eigenvalue weighted by Gasteiger charge is -2.12. The molecule has 5 heteroatoms. The molecule has 0 fully saturated rings. The fourth-order valence-corrected chi connectivity index (χ4v) is 2.51. The second-order valence-electron chi connectivity index (χ2n) is 5.48. The first-order valence-corrected chi connectivity index (χ1v) is 8.51. The van der Waals surface area contributed by atoms with E-state index in [2.05, 4.69) is 52.9 Å². The van der Waals surface area contributed by atoms with Gasteiger partial charge in [-0.3, -0.25) is 4.99 Å². The third kappa shape index (κ3) is 7.77. The number of hydrogen-bond donors (Lipinski definition) is 2. The largest absolute Gasteiger partial charge is 0.496 e. The summed E-state index contributed by atoms with van der Waals surface area (Å²) in [5.74, 6) is 1.79. The molecular weight excluding hydrogens is 425 g/mol. The van der Waals surface area contributed by atoms with Gasteiger partial charge in [0.15, 0.2) is 5.96 Å². The van der Waals surface area contributed by atoms with Gasteiger partial charge in [-0.1, -0.05) is 48.5 Å². The van der Waals surface area contributed by atoms with Crippen molar-refractivity contribution >= 4 is 29.9 Å². The molecule has 0 spiro atoms. The fraction of sp³-hybridized carbons (Fsp3) is 0.350. The zero-order valence-corrected chi connectivity index (χ0v) is 17.3. The Morgan fingerprint density at radius 3 is 2.40 bits per heavy atom. The number of rotatable bonds is 8. The first kappa shape index (κ1) is 21.3. The predicted molar refractivity (Wildman–Crippen MR) is 116 cm³/mol. The fourth-order valence-electron chi connectivity index (χ4n) is 2.51. The van der Waals surface area contributed by atoms with E-state index in [-0.39, 0.29) is 24.0 Å². The van der Waals surface area contributed by atoms with E-state index in [1.54, 1.807) is 7.11 Å². The minimum atomic E-state index is 0. The quantitative estimate of drug-likeness (QED) is 0.365. The van der Waals surface area contributed by atoms with Gasteiger partial charge in [-0.2, -0.15) is 0 Å². The predicted octanol–water partition coefficient (Wildman–Crippen LogP) is 3.65. The Bertz CT molecular complexity index is 632. The van der Waals surface area contributed by atoms with E-state index in [0.29, 0.717) is 0 Å². The number of guanidine groups is 1. The van der Waals surface area contributed by atoms with Crippen LogP contribution in [0.3, 0.4) is 0 Å². The van der Waals surface area contributed by atoms with Crippen molar-refractivity contribution in [3.63, 3.8) is 0 Å². The molecule has 0 unspecified atom stereocenters. The van der Waals surface area contributed by atoms with Gasteiger partial charge in [-0.05, 0) is 37.0 Å². The van der Waals surface area contributed by atoms with Crippen LogP contribution in [0, 0.1) is 0 Å². The number of ether oxygens (including phenoxy) is 1. The molecule has 0 aromatic heterocycles. The number of para-hydroxylation sites is 1. The SMILES string of the molecule is CCNC(=NCCc1ccccc1OC)NCCc1ccccc1.I. The van der Waals surface area contributed by atoms with Crippen LogP contribution in [0.4, 0.5) is 0 Å². The maximum absolute atomic E-state index is 5.38. The number of nitrogens with zero attached hydrogens (tertiary/aromatic N) is 1. The molecular formula is C20H28IN3O. The van der Waals surface area contributed by atoms with Crippen LogP contribution in [-0.2, 0) is 12.8 Å². The van der Waals surface area contributed by atoms with E-state index in [1.165, 1.54) is 11.1 Å². The van der Waals surface area contributed by atoms with Crippen molar-refractivity contribution in [1.29, 1.82) is 0 Å². The van der Waals surface area contributed by atoms with Gasteiger partial charge in [0, 0.05) is 19.6 Å². The molecule has 0 bridgehead atoms. The Kier molecular flexibility index (Phi) is 10.7. The molecule has 2 N–H and O–H groups in total. The van der Waals surface area contributed by atoms with E-state index >= 15 is 0 Å². The van der Waals surface area contributed by atoms with Gasteiger partial charge in [0.1, 0.15) is 5.75 Å².